The van der Waals surface area contributed by atoms with Gasteiger partial charge in [-0.2, -0.15) is 26.3 Å². The topological polar surface area (TPSA) is 107 Å². The summed E-state index contributed by atoms with van der Waals surface area (Å²) >= 11 is 0. The number of carbonyl (C=O) groups is 2. The minimum absolute atomic E-state index is 0.0298. The highest BCUT2D eigenvalue weighted by molar-refractivity contribution is 5.68. The Morgan fingerprint density at radius 1 is 0.639 bits per heavy atom. The van der Waals surface area contributed by atoms with Crippen molar-refractivity contribution in [1.29, 1.82) is 0 Å². The second kappa shape index (κ2) is 22.2. The van der Waals surface area contributed by atoms with E-state index in [1.54, 1.807) is 9.80 Å². The van der Waals surface area contributed by atoms with Gasteiger partial charge in [0.15, 0.2) is 23.1 Å². The maximum atomic E-state index is 12.9. The van der Waals surface area contributed by atoms with E-state index >= 15 is 0 Å². The van der Waals surface area contributed by atoms with Crippen LogP contribution in [0.3, 0.4) is 0 Å². The third kappa shape index (κ3) is 14.8. The Bertz CT molecular complexity index is 1990. The predicted molar refractivity (Wildman–Crippen MR) is 210 cm³/mol. The predicted octanol–water partition coefficient (Wildman–Crippen LogP) is 10.3. The molecule has 2 saturated heterocycles. The Balaban J connectivity index is 0.000000223. The molecule has 61 heavy (non-hydrogen) atoms. The second-order valence-electron chi connectivity index (χ2n) is 14.3. The van der Waals surface area contributed by atoms with Crippen molar-refractivity contribution >= 4 is 12.2 Å². The van der Waals surface area contributed by atoms with Gasteiger partial charge in [0, 0.05) is 38.0 Å². The highest BCUT2D eigenvalue weighted by atomic mass is 19.4. The first-order valence-corrected chi connectivity index (χ1v) is 19.3. The number of aliphatic hydroxyl groups excluding tert-OH is 1. The quantitative estimate of drug-likeness (QED) is 0.175. The molecular formula is C44H49F7N2O8. The second-order valence-corrected chi connectivity index (χ2v) is 14.3. The van der Waals surface area contributed by atoms with Crippen LogP contribution in [0.25, 0.3) is 0 Å². The lowest BCUT2D eigenvalue weighted by Crippen LogP contribution is -2.47. The lowest BCUT2D eigenvalue weighted by Gasteiger charge is -2.37. The summed E-state index contributed by atoms with van der Waals surface area (Å²) < 4.78 is 114. The number of nitrogens with zero attached hydrogens (tertiary/aromatic N) is 2. The van der Waals surface area contributed by atoms with Crippen molar-refractivity contribution in [3.63, 3.8) is 0 Å². The smallest absolute Gasteiger partial charge is 0.416 e. The zero-order valence-electron chi connectivity index (χ0n) is 34.0. The fourth-order valence-electron chi connectivity index (χ4n) is 6.49. The summed E-state index contributed by atoms with van der Waals surface area (Å²) in [5.41, 5.74) is 0.170. The number of carbonyl (C=O) groups excluding carboxylic acids is 2. The molecule has 10 nitrogen and oxygen atoms in total. The molecule has 1 N–H and O–H groups in total. The van der Waals surface area contributed by atoms with E-state index in [9.17, 15) is 45.4 Å². The van der Waals surface area contributed by atoms with E-state index in [0.717, 1.165) is 36.4 Å². The van der Waals surface area contributed by atoms with Crippen LogP contribution in [0.15, 0.2) is 97.1 Å². The molecule has 4 unspecified atom stereocenters. The molecular weight excluding hydrogens is 817 g/mol. The van der Waals surface area contributed by atoms with Crippen molar-refractivity contribution in [2.24, 2.45) is 0 Å². The van der Waals surface area contributed by atoms with Crippen LogP contribution in [-0.4, -0.2) is 78.7 Å². The number of halogens is 7. The number of ether oxygens (including phenoxy) is 5. The first kappa shape index (κ1) is 48.0. The molecule has 2 aliphatic heterocycles. The third-order valence-electron chi connectivity index (χ3n) is 9.82. The van der Waals surface area contributed by atoms with E-state index in [2.05, 4.69) is 4.74 Å². The van der Waals surface area contributed by atoms with Crippen LogP contribution in [0.2, 0.25) is 0 Å². The Kier molecular flexibility index (Phi) is 17.5. The number of rotatable bonds is 8. The molecule has 2 aliphatic rings. The molecule has 332 valence electrons. The number of piperidine rings is 2. The number of benzene rings is 4. The summed E-state index contributed by atoms with van der Waals surface area (Å²) in [6, 6.07) is 24.1. The molecule has 0 spiro atoms. The van der Waals surface area contributed by atoms with Crippen molar-refractivity contribution in [1.82, 2.24) is 9.80 Å². The van der Waals surface area contributed by atoms with Gasteiger partial charge in [-0.25, -0.2) is 14.0 Å². The highest BCUT2D eigenvalue weighted by Gasteiger charge is 2.34. The molecule has 2 amide bonds. The molecule has 6 rings (SSSR count). The lowest BCUT2D eigenvalue weighted by atomic mass is 10.0. The van der Waals surface area contributed by atoms with E-state index in [1.165, 1.54) is 13.2 Å². The van der Waals surface area contributed by atoms with Gasteiger partial charge in [-0.1, -0.05) is 60.7 Å². The molecule has 0 bridgehead atoms. The number of likely N-dealkylation sites (tertiary alicyclic amines) is 2. The van der Waals surface area contributed by atoms with Crippen LogP contribution in [0, 0.1) is 5.82 Å². The van der Waals surface area contributed by atoms with Gasteiger partial charge in [-0.3, -0.25) is 0 Å². The summed E-state index contributed by atoms with van der Waals surface area (Å²) in [5.74, 6) is -0.935. The standard InChI is InChI=1S/C22H24F3NO4.C14H19NO3.C8H6F4O/c1-15-12-18(30-19-9-8-17(22(23,24)25)13-20(19)28-2)10-11-26(15)21(27)29-14-16-6-4-3-5-7-16;1-11-9-13(16)7-8-15(11)14(17)18-10-12-5-3-2-4-6-12;1-13-7-4-5(8(10,11)12)2-3-6(7)9/h3-9,13,15,18H,10-12,14H2,1-2H3;2-6,11,13,16H,7-10H2,1H3;2-4H,1H3. The van der Waals surface area contributed by atoms with E-state index < -0.39 is 41.1 Å². The Morgan fingerprint density at radius 3 is 1.56 bits per heavy atom. The number of methoxy groups -OCH3 is 2. The van der Waals surface area contributed by atoms with E-state index in [-0.39, 0.29) is 48.5 Å². The maximum absolute atomic E-state index is 12.9. The van der Waals surface area contributed by atoms with Crippen LogP contribution in [0.4, 0.5) is 40.3 Å². The fourth-order valence-corrected chi connectivity index (χ4v) is 6.49. The van der Waals surface area contributed by atoms with Crippen molar-refractivity contribution in [3.8, 4) is 17.2 Å². The third-order valence-corrected chi connectivity index (χ3v) is 9.82. The molecule has 2 heterocycles. The van der Waals surface area contributed by atoms with Gasteiger partial charge in [-0.05, 0) is 74.2 Å². The van der Waals surface area contributed by atoms with E-state index in [0.29, 0.717) is 57.5 Å². The number of hydrogen-bond acceptors (Lipinski definition) is 8. The zero-order valence-corrected chi connectivity index (χ0v) is 34.0. The van der Waals surface area contributed by atoms with Crippen LogP contribution in [0.1, 0.15) is 61.8 Å². The molecule has 0 aliphatic carbocycles. The normalized spacial score (nSPS) is 19.0. The van der Waals surface area contributed by atoms with Crippen molar-refractivity contribution < 1.29 is 69.1 Å². The molecule has 0 aromatic heterocycles. The molecule has 0 radical (unpaired) electrons. The number of alkyl halides is 6. The van der Waals surface area contributed by atoms with Crippen LogP contribution < -0.4 is 14.2 Å². The Hall–Kier alpha value is -5.71. The van der Waals surface area contributed by atoms with E-state index in [4.69, 9.17) is 18.9 Å². The zero-order chi connectivity index (χ0) is 44.7. The summed E-state index contributed by atoms with van der Waals surface area (Å²) in [7, 11) is 2.41. The van der Waals surface area contributed by atoms with Gasteiger partial charge in [0.1, 0.15) is 19.3 Å². The first-order valence-electron chi connectivity index (χ1n) is 19.3. The van der Waals surface area contributed by atoms with Crippen LogP contribution in [-0.2, 0) is 35.0 Å². The van der Waals surface area contributed by atoms with E-state index in [1.807, 2.05) is 74.5 Å². The summed E-state index contributed by atoms with van der Waals surface area (Å²) in [5, 5.41) is 9.51. The van der Waals surface area contributed by atoms with Gasteiger partial charge in [0.25, 0.3) is 0 Å². The monoisotopic (exact) mass is 866 g/mol. The molecule has 4 aromatic rings. The molecule has 4 atom stereocenters. The number of amides is 2. The SMILES string of the molecule is CC1CC(O)CCN1C(=O)OCc1ccccc1.COc1cc(C(F)(F)F)ccc1F.COc1cc(C(F)(F)F)ccc1OC1CCN(C(=O)OCc2ccccc2)C(C)C1. The average Bonchev–Trinajstić information content (AvgIpc) is 3.22. The van der Waals surface area contributed by atoms with Gasteiger partial charge in [0.05, 0.1) is 31.5 Å². The fraction of sp³-hybridized carbons (Fsp3) is 0.409. The molecule has 4 aromatic carbocycles. The van der Waals surface area contributed by atoms with Crippen LogP contribution in [0.5, 0.6) is 17.2 Å². The molecule has 17 heteroatoms. The summed E-state index contributed by atoms with van der Waals surface area (Å²) in [6.45, 7) is 5.32. The highest BCUT2D eigenvalue weighted by Crippen LogP contribution is 2.38. The minimum Gasteiger partial charge on any atom is -0.494 e. The first-order chi connectivity index (χ1) is 28.9. The Labute approximate surface area is 349 Å². The Morgan fingerprint density at radius 2 is 1.10 bits per heavy atom. The number of aliphatic hydroxyl groups is 1. The van der Waals surface area contributed by atoms with Gasteiger partial charge < -0.3 is 38.6 Å². The molecule has 2 fully saturated rings. The van der Waals surface area contributed by atoms with Crippen molar-refractivity contribution in [2.75, 3.05) is 27.3 Å². The summed E-state index contributed by atoms with van der Waals surface area (Å²) in [6.07, 6.45) is -7.82. The lowest BCUT2D eigenvalue weighted by molar-refractivity contribution is -0.138. The maximum Gasteiger partial charge on any atom is 0.416 e. The molecule has 0 saturated carbocycles. The van der Waals surface area contributed by atoms with Crippen LogP contribution >= 0.6 is 0 Å². The largest absolute Gasteiger partial charge is 0.494 e. The average molecular weight is 867 g/mol. The summed E-state index contributed by atoms with van der Waals surface area (Å²) in [4.78, 5) is 27.7. The van der Waals surface area contributed by atoms with Crippen molar-refractivity contribution in [2.45, 2.75) is 89.4 Å². The number of hydrogen-bond donors (Lipinski definition) is 1. The minimum atomic E-state index is -4.47. The van der Waals surface area contributed by atoms with Gasteiger partial charge in [-0.15, -0.1) is 0 Å². The van der Waals surface area contributed by atoms with Gasteiger partial charge >= 0.3 is 24.5 Å². The van der Waals surface area contributed by atoms with Gasteiger partial charge in [0.2, 0.25) is 0 Å². The van der Waals surface area contributed by atoms with Crippen molar-refractivity contribution in [3.05, 3.63) is 125 Å².